The molecule has 0 spiro atoms. The van der Waals surface area contributed by atoms with Crippen LogP contribution in [0, 0.1) is 5.92 Å². The molecule has 1 aliphatic heterocycles. The van der Waals surface area contributed by atoms with Gasteiger partial charge in [0.25, 0.3) is 0 Å². The molecule has 0 aliphatic carbocycles. The van der Waals surface area contributed by atoms with E-state index >= 15 is 0 Å². The second kappa shape index (κ2) is 5.93. The standard InChI is InChI=1S/C12H22F3N3S/c1-11(2,3)18-6-4-17(5-7-18)8-9(10(16)19)12(13,14)15/h9H,4-8H2,1-3H3,(H2,16,19). The summed E-state index contributed by atoms with van der Waals surface area (Å²) in [5.74, 6) is -1.70. The van der Waals surface area contributed by atoms with Crippen LogP contribution in [0.2, 0.25) is 0 Å². The molecule has 1 rings (SSSR count). The molecule has 1 saturated heterocycles. The highest BCUT2D eigenvalue weighted by Crippen LogP contribution is 2.28. The van der Waals surface area contributed by atoms with Crippen molar-refractivity contribution < 1.29 is 13.2 Å². The lowest BCUT2D eigenvalue weighted by Crippen LogP contribution is -2.55. The van der Waals surface area contributed by atoms with Crippen molar-refractivity contribution in [3.05, 3.63) is 0 Å². The van der Waals surface area contributed by atoms with Gasteiger partial charge in [-0.3, -0.25) is 9.80 Å². The van der Waals surface area contributed by atoms with E-state index in [-0.39, 0.29) is 12.1 Å². The zero-order valence-electron chi connectivity index (χ0n) is 11.6. The smallest absolute Gasteiger partial charge is 0.393 e. The van der Waals surface area contributed by atoms with Gasteiger partial charge in [0.15, 0.2) is 0 Å². The van der Waals surface area contributed by atoms with Crippen LogP contribution in [0.15, 0.2) is 0 Å². The van der Waals surface area contributed by atoms with Crippen molar-refractivity contribution in [1.29, 1.82) is 0 Å². The van der Waals surface area contributed by atoms with Crippen LogP contribution in [0.4, 0.5) is 13.2 Å². The van der Waals surface area contributed by atoms with Gasteiger partial charge in [0.1, 0.15) is 5.92 Å². The number of alkyl halides is 3. The van der Waals surface area contributed by atoms with Crippen LogP contribution in [-0.2, 0) is 0 Å². The predicted octanol–water partition coefficient (Wildman–Crippen LogP) is 1.87. The van der Waals surface area contributed by atoms with Gasteiger partial charge >= 0.3 is 6.18 Å². The van der Waals surface area contributed by atoms with Gasteiger partial charge < -0.3 is 5.73 Å². The van der Waals surface area contributed by atoms with Gasteiger partial charge in [0.2, 0.25) is 0 Å². The van der Waals surface area contributed by atoms with Gasteiger partial charge in [-0.15, -0.1) is 0 Å². The molecular weight excluding hydrogens is 275 g/mol. The summed E-state index contributed by atoms with van der Waals surface area (Å²) in [7, 11) is 0. The third-order valence-corrected chi connectivity index (χ3v) is 3.78. The van der Waals surface area contributed by atoms with Crippen molar-refractivity contribution in [2.24, 2.45) is 11.7 Å². The molecule has 2 N–H and O–H groups in total. The topological polar surface area (TPSA) is 32.5 Å². The van der Waals surface area contributed by atoms with Crippen molar-refractivity contribution in [1.82, 2.24) is 9.80 Å². The Morgan fingerprint density at radius 3 is 1.95 bits per heavy atom. The number of nitrogens with two attached hydrogens (primary N) is 1. The van der Waals surface area contributed by atoms with Gasteiger partial charge in [-0.1, -0.05) is 12.2 Å². The first kappa shape index (κ1) is 16.7. The predicted molar refractivity (Wildman–Crippen MR) is 74.1 cm³/mol. The fraction of sp³-hybridized carbons (Fsp3) is 0.917. The monoisotopic (exact) mass is 297 g/mol. The minimum absolute atomic E-state index is 0.0543. The zero-order valence-corrected chi connectivity index (χ0v) is 12.4. The molecule has 0 aromatic rings. The normalized spacial score (nSPS) is 21.4. The largest absolute Gasteiger partial charge is 0.399 e. The Labute approximate surface area is 117 Å². The summed E-state index contributed by atoms with van der Waals surface area (Å²) in [6.07, 6.45) is -4.35. The molecule has 0 radical (unpaired) electrons. The quantitative estimate of drug-likeness (QED) is 0.806. The van der Waals surface area contributed by atoms with E-state index in [1.54, 1.807) is 4.90 Å². The van der Waals surface area contributed by atoms with Crippen molar-refractivity contribution >= 4 is 17.2 Å². The second-order valence-corrected chi connectivity index (χ2v) is 6.43. The highest BCUT2D eigenvalue weighted by atomic mass is 32.1. The van der Waals surface area contributed by atoms with E-state index in [2.05, 4.69) is 37.9 Å². The van der Waals surface area contributed by atoms with E-state index < -0.39 is 17.1 Å². The summed E-state index contributed by atoms with van der Waals surface area (Å²) in [5.41, 5.74) is 5.27. The van der Waals surface area contributed by atoms with Crippen LogP contribution >= 0.6 is 12.2 Å². The summed E-state index contributed by atoms with van der Waals surface area (Å²) in [6.45, 7) is 8.97. The van der Waals surface area contributed by atoms with E-state index in [9.17, 15) is 13.2 Å². The third-order valence-electron chi connectivity index (χ3n) is 3.50. The van der Waals surface area contributed by atoms with Gasteiger partial charge in [-0.2, -0.15) is 13.2 Å². The third kappa shape index (κ3) is 4.89. The molecule has 0 aromatic carbocycles. The molecule has 7 heteroatoms. The second-order valence-electron chi connectivity index (χ2n) is 5.96. The molecule has 1 fully saturated rings. The maximum absolute atomic E-state index is 12.8. The molecule has 1 heterocycles. The highest BCUT2D eigenvalue weighted by Gasteiger charge is 2.43. The minimum atomic E-state index is -4.35. The van der Waals surface area contributed by atoms with Gasteiger partial charge in [-0.25, -0.2) is 0 Å². The van der Waals surface area contributed by atoms with Crippen LogP contribution in [0.5, 0.6) is 0 Å². The van der Waals surface area contributed by atoms with Crippen molar-refractivity contribution in [2.45, 2.75) is 32.5 Å². The molecule has 1 aliphatic rings. The number of halogens is 3. The molecule has 112 valence electrons. The van der Waals surface area contributed by atoms with E-state index in [1.807, 2.05) is 0 Å². The fourth-order valence-electron chi connectivity index (χ4n) is 2.21. The Morgan fingerprint density at radius 1 is 1.16 bits per heavy atom. The van der Waals surface area contributed by atoms with Crippen LogP contribution in [-0.4, -0.2) is 59.2 Å². The first-order valence-electron chi connectivity index (χ1n) is 6.35. The van der Waals surface area contributed by atoms with E-state index in [0.717, 1.165) is 13.1 Å². The van der Waals surface area contributed by atoms with Crippen molar-refractivity contribution in [2.75, 3.05) is 32.7 Å². The number of piperazine rings is 1. The lowest BCUT2D eigenvalue weighted by molar-refractivity contribution is -0.160. The minimum Gasteiger partial charge on any atom is -0.393 e. The molecule has 19 heavy (non-hydrogen) atoms. The number of rotatable bonds is 3. The van der Waals surface area contributed by atoms with Gasteiger partial charge in [0.05, 0.1) is 4.99 Å². The first-order valence-corrected chi connectivity index (χ1v) is 6.76. The highest BCUT2D eigenvalue weighted by molar-refractivity contribution is 7.80. The number of hydrogen-bond acceptors (Lipinski definition) is 3. The van der Waals surface area contributed by atoms with Gasteiger partial charge in [-0.05, 0) is 20.8 Å². The summed E-state index contributed by atoms with van der Waals surface area (Å²) in [4.78, 5) is 3.60. The molecular formula is C12H22F3N3S. The number of nitrogens with zero attached hydrogens (tertiary/aromatic N) is 2. The van der Waals surface area contributed by atoms with E-state index in [0.29, 0.717) is 13.1 Å². The maximum atomic E-state index is 12.8. The van der Waals surface area contributed by atoms with Crippen LogP contribution in [0.1, 0.15) is 20.8 Å². The van der Waals surface area contributed by atoms with E-state index in [1.165, 1.54) is 0 Å². The fourth-order valence-corrected chi connectivity index (χ4v) is 2.42. The van der Waals surface area contributed by atoms with Crippen LogP contribution < -0.4 is 5.73 Å². The van der Waals surface area contributed by atoms with Crippen molar-refractivity contribution in [3.8, 4) is 0 Å². The molecule has 0 amide bonds. The molecule has 1 atom stereocenters. The summed E-state index contributed by atoms with van der Waals surface area (Å²) in [5, 5.41) is 0. The number of hydrogen-bond donors (Lipinski definition) is 1. The summed E-state index contributed by atoms with van der Waals surface area (Å²) in [6, 6.07) is 0. The van der Waals surface area contributed by atoms with Gasteiger partial charge in [0, 0.05) is 38.3 Å². The molecule has 0 aromatic heterocycles. The summed E-state index contributed by atoms with van der Waals surface area (Å²) < 4.78 is 38.4. The Hall–Kier alpha value is -0.400. The van der Waals surface area contributed by atoms with Crippen molar-refractivity contribution in [3.63, 3.8) is 0 Å². The Balaban J connectivity index is 2.54. The molecule has 3 nitrogen and oxygen atoms in total. The Bertz CT molecular complexity index is 317. The zero-order chi connectivity index (χ0) is 14.8. The maximum Gasteiger partial charge on any atom is 0.399 e. The average Bonchev–Trinajstić information content (AvgIpc) is 2.23. The Kier molecular flexibility index (Phi) is 5.20. The lowest BCUT2D eigenvalue weighted by Gasteiger charge is -2.43. The summed E-state index contributed by atoms with van der Waals surface area (Å²) >= 11 is 4.54. The molecule has 0 saturated carbocycles. The SMILES string of the molecule is CC(C)(C)N1CCN(CC(C(N)=S)C(F)(F)F)CC1. The number of thiocarbonyl (C=S) groups is 1. The molecule has 0 bridgehead atoms. The van der Waals surface area contributed by atoms with E-state index in [4.69, 9.17) is 5.73 Å². The van der Waals surface area contributed by atoms with Crippen LogP contribution in [0.25, 0.3) is 0 Å². The lowest BCUT2D eigenvalue weighted by atomic mass is 10.0. The Morgan fingerprint density at radius 2 is 1.63 bits per heavy atom. The van der Waals surface area contributed by atoms with Crippen LogP contribution in [0.3, 0.4) is 0 Å². The first-order chi connectivity index (χ1) is 8.51. The average molecular weight is 297 g/mol. The molecule has 1 unspecified atom stereocenters.